The summed E-state index contributed by atoms with van der Waals surface area (Å²) in [5, 5.41) is 10.6. The highest BCUT2D eigenvalue weighted by atomic mass is 32.1. The number of aliphatic hydroxyl groups excluding tert-OH is 1. The van der Waals surface area contributed by atoms with Crippen LogP contribution in [0, 0.1) is 6.92 Å². The Balaban J connectivity index is 1.79. The number of aromatic nitrogens is 3. The number of ether oxygens (including phenoxy) is 1. The first-order valence-electron chi connectivity index (χ1n) is 11.6. The van der Waals surface area contributed by atoms with Crippen molar-refractivity contribution < 1.29 is 31.8 Å². The maximum atomic E-state index is 14.1. The number of thiophene rings is 1. The molecule has 4 rings (SSSR count). The number of nitrogens with zero attached hydrogens (tertiary/aromatic N) is 3. The fourth-order valence-corrected chi connectivity index (χ4v) is 5.16. The van der Waals surface area contributed by atoms with Crippen molar-refractivity contribution in [3.8, 4) is 22.1 Å². The Labute approximate surface area is 226 Å². The first-order valence-corrected chi connectivity index (χ1v) is 12.4. The molecule has 0 saturated heterocycles. The van der Waals surface area contributed by atoms with Gasteiger partial charge in [-0.25, -0.2) is 18.6 Å². The van der Waals surface area contributed by atoms with Crippen LogP contribution in [0.1, 0.15) is 24.5 Å². The smallest absolute Gasteiger partial charge is 0.416 e. The summed E-state index contributed by atoms with van der Waals surface area (Å²) in [5.41, 5.74) is -2.25. The summed E-state index contributed by atoms with van der Waals surface area (Å²) in [6.07, 6.45) is -6.54. The fraction of sp³-hybridized carbons (Fsp3) is 0.231. The zero-order chi connectivity index (χ0) is 29.4. The predicted octanol–water partition coefficient (Wildman–Crippen LogP) is 4.01. The Bertz CT molecular complexity index is 1840. The number of aliphatic hydroxyl groups is 1. The molecule has 0 radical (unpaired) electrons. The normalized spacial score (nSPS) is 13.6. The van der Waals surface area contributed by atoms with Crippen LogP contribution in [-0.2, 0) is 6.54 Å². The first-order chi connectivity index (χ1) is 18.8. The van der Waals surface area contributed by atoms with Crippen LogP contribution in [0.25, 0.3) is 33.4 Å². The molecule has 0 unspecified atom stereocenters. The Hall–Kier alpha value is -4.17. The highest BCUT2D eigenvalue weighted by Gasteiger charge is 2.39. The van der Waals surface area contributed by atoms with Gasteiger partial charge < -0.3 is 9.84 Å². The molecular weight excluding hydrogens is 559 g/mol. The van der Waals surface area contributed by atoms with Gasteiger partial charge in [-0.2, -0.15) is 13.2 Å². The zero-order valence-corrected chi connectivity index (χ0v) is 21.7. The Morgan fingerprint density at radius 1 is 1.27 bits per heavy atom. The van der Waals surface area contributed by atoms with Gasteiger partial charge in [-0.05, 0) is 54.1 Å². The summed E-state index contributed by atoms with van der Waals surface area (Å²) in [7, 11) is 0. The van der Waals surface area contributed by atoms with Gasteiger partial charge in [-0.3, -0.25) is 19.3 Å². The Morgan fingerprint density at radius 3 is 2.62 bits per heavy atom. The molecular formula is C26H21F5N4O4S. The summed E-state index contributed by atoms with van der Waals surface area (Å²) < 4.78 is 73.2. The lowest BCUT2D eigenvalue weighted by Gasteiger charge is -2.15. The minimum Gasteiger partial charge on any atom is -0.439 e. The lowest BCUT2D eigenvalue weighted by molar-refractivity contribution is -0.207. The number of benzene rings is 1. The molecule has 0 aliphatic carbocycles. The number of alkyl halides is 5. The van der Waals surface area contributed by atoms with E-state index in [1.54, 1.807) is 25.4 Å². The van der Waals surface area contributed by atoms with Crippen LogP contribution < -0.4 is 26.4 Å². The molecule has 1 atom stereocenters. The summed E-state index contributed by atoms with van der Waals surface area (Å²) in [4.78, 5) is 34.9. The van der Waals surface area contributed by atoms with E-state index >= 15 is 0 Å². The number of hydrogen-bond acceptors (Lipinski definition) is 7. The summed E-state index contributed by atoms with van der Waals surface area (Å²) in [6.45, 7) is 5.92. The molecule has 0 aliphatic heterocycles. The Morgan fingerprint density at radius 2 is 2.00 bits per heavy atom. The van der Waals surface area contributed by atoms with Gasteiger partial charge in [-0.1, -0.05) is 6.58 Å². The lowest BCUT2D eigenvalue weighted by atomic mass is 10.1. The van der Waals surface area contributed by atoms with E-state index in [1.165, 1.54) is 25.3 Å². The van der Waals surface area contributed by atoms with Crippen molar-refractivity contribution >= 4 is 40.5 Å². The van der Waals surface area contributed by atoms with E-state index in [-0.39, 0.29) is 37.9 Å². The average Bonchev–Trinajstić information content (AvgIpc) is 3.22. The van der Waals surface area contributed by atoms with Crippen LogP contribution in [0.4, 0.5) is 22.0 Å². The number of pyridine rings is 1. The molecule has 0 spiro atoms. The van der Waals surface area contributed by atoms with Gasteiger partial charge in [0, 0.05) is 29.1 Å². The number of aliphatic imine (C=N–C) groups is 1. The average molecular weight is 581 g/mol. The third-order valence-electron chi connectivity index (χ3n) is 5.87. The van der Waals surface area contributed by atoms with Crippen LogP contribution in [0.15, 0.2) is 45.0 Å². The van der Waals surface area contributed by atoms with Crippen molar-refractivity contribution in [2.24, 2.45) is 4.99 Å². The number of rotatable bonds is 7. The number of aryl methyl sites for hydroxylation is 1. The molecule has 8 nitrogen and oxygen atoms in total. The quantitative estimate of drug-likeness (QED) is 0.254. The van der Waals surface area contributed by atoms with Crippen molar-refractivity contribution in [3.05, 3.63) is 72.9 Å². The van der Waals surface area contributed by atoms with Crippen molar-refractivity contribution in [3.63, 3.8) is 0 Å². The van der Waals surface area contributed by atoms with Gasteiger partial charge >= 0.3 is 11.9 Å². The second kappa shape index (κ2) is 11.1. The van der Waals surface area contributed by atoms with Crippen LogP contribution in [0.3, 0.4) is 0 Å². The number of nitrogens with one attached hydrogen (secondary N) is 1. The highest BCUT2D eigenvalue weighted by molar-refractivity contribution is 7.22. The minimum absolute atomic E-state index is 0.111. The molecule has 0 amide bonds. The molecule has 0 aliphatic rings. The standard InChI is InChI=1S/C26H21F5N4O4S/c1-4-32-9-14-5-6-16(7-12(14)2)39-23-17(21(27)28)8-15(10-33-23)20-13(3)19-22(37)34-25(38)35(24(19)40-20)11-18(36)26(29,30)31/h4-10,18,21,36H,2,11H2,1,3H3,(H,34,37,38)/b14-9-,32-4?/t18-/m1/s1. The van der Waals surface area contributed by atoms with Crippen LogP contribution in [0.2, 0.25) is 0 Å². The number of aromatic amines is 1. The van der Waals surface area contributed by atoms with E-state index in [0.717, 1.165) is 17.4 Å². The van der Waals surface area contributed by atoms with Gasteiger partial charge in [0.1, 0.15) is 10.6 Å². The van der Waals surface area contributed by atoms with E-state index < -0.39 is 42.1 Å². The highest BCUT2D eigenvalue weighted by Crippen LogP contribution is 2.39. The number of fused-ring (bicyclic) bond motifs is 1. The third-order valence-corrected chi connectivity index (χ3v) is 7.23. The molecule has 210 valence electrons. The maximum Gasteiger partial charge on any atom is 0.416 e. The second-order valence-electron chi connectivity index (χ2n) is 8.58. The summed E-state index contributed by atoms with van der Waals surface area (Å²) >= 11 is 0.740. The Kier molecular flexibility index (Phi) is 8.03. The van der Waals surface area contributed by atoms with Crippen LogP contribution in [0.5, 0.6) is 11.6 Å². The molecule has 0 saturated carbocycles. The first kappa shape index (κ1) is 28.8. The molecule has 0 fully saturated rings. The zero-order valence-electron chi connectivity index (χ0n) is 20.9. The predicted molar refractivity (Wildman–Crippen MR) is 142 cm³/mol. The van der Waals surface area contributed by atoms with Crippen molar-refractivity contribution in [1.82, 2.24) is 14.5 Å². The topological polar surface area (TPSA) is 110 Å². The van der Waals surface area contributed by atoms with Crippen LogP contribution in [-0.4, -0.2) is 38.1 Å². The van der Waals surface area contributed by atoms with Crippen molar-refractivity contribution in [1.29, 1.82) is 0 Å². The van der Waals surface area contributed by atoms with Gasteiger partial charge in [0.2, 0.25) is 5.88 Å². The van der Waals surface area contributed by atoms with Gasteiger partial charge in [0.15, 0.2) is 6.10 Å². The summed E-state index contributed by atoms with van der Waals surface area (Å²) in [6, 6.07) is 5.80. The van der Waals surface area contributed by atoms with E-state index in [1.807, 2.05) is 4.98 Å². The van der Waals surface area contributed by atoms with E-state index in [4.69, 9.17) is 4.74 Å². The van der Waals surface area contributed by atoms with E-state index in [9.17, 15) is 36.6 Å². The van der Waals surface area contributed by atoms with E-state index in [2.05, 4.69) is 16.6 Å². The van der Waals surface area contributed by atoms with Gasteiger partial charge in [-0.15, -0.1) is 11.3 Å². The number of halogens is 5. The molecule has 0 bridgehead atoms. The minimum atomic E-state index is -5.01. The molecule has 40 heavy (non-hydrogen) atoms. The molecule has 4 aromatic rings. The van der Waals surface area contributed by atoms with Crippen molar-refractivity contribution in [2.45, 2.75) is 39.1 Å². The van der Waals surface area contributed by atoms with Crippen molar-refractivity contribution in [2.75, 3.05) is 0 Å². The van der Waals surface area contributed by atoms with Gasteiger partial charge in [0.25, 0.3) is 12.0 Å². The van der Waals surface area contributed by atoms with Crippen LogP contribution >= 0.6 is 11.3 Å². The fourth-order valence-electron chi connectivity index (χ4n) is 3.87. The largest absolute Gasteiger partial charge is 0.439 e. The molecule has 1 aromatic carbocycles. The SMILES string of the molecule is C=c1cc(Oc2ncc(-c3sc4c(c3C)c(=O)[nH]c(=O)n4C[C@@H](O)C(F)(F)F)cc2C(F)F)cc/c1=C/N=CC. The maximum absolute atomic E-state index is 14.1. The molecule has 3 aromatic heterocycles. The number of hydrogen-bond donors (Lipinski definition) is 2. The second-order valence-corrected chi connectivity index (χ2v) is 9.58. The molecule has 14 heteroatoms. The summed E-state index contributed by atoms with van der Waals surface area (Å²) in [5.74, 6) is -0.190. The lowest BCUT2D eigenvalue weighted by Crippen LogP contribution is -2.38. The molecule has 3 heterocycles. The van der Waals surface area contributed by atoms with Gasteiger partial charge in [0.05, 0.1) is 17.5 Å². The third kappa shape index (κ3) is 5.72. The monoisotopic (exact) mass is 580 g/mol. The molecule has 2 N–H and O–H groups in total. The van der Waals surface area contributed by atoms with E-state index in [0.29, 0.717) is 15.0 Å². The number of H-pyrrole nitrogens is 1.